The molecule has 0 aliphatic carbocycles. The van der Waals surface area contributed by atoms with Crippen molar-refractivity contribution >= 4 is 5.97 Å². The molecule has 4 heteroatoms. The maximum atomic E-state index is 11.8. The highest BCUT2D eigenvalue weighted by atomic mass is 16.6. The van der Waals surface area contributed by atoms with E-state index in [1.54, 1.807) is 0 Å². The molecule has 0 saturated carbocycles. The van der Waals surface area contributed by atoms with Gasteiger partial charge in [0.1, 0.15) is 11.1 Å². The Morgan fingerprint density at radius 2 is 1.93 bits per heavy atom. The van der Waals surface area contributed by atoms with Crippen molar-refractivity contribution in [3.8, 4) is 0 Å². The average molecular weight is 215 g/mol. The number of esters is 1. The highest BCUT2D eigenvalue weighted by Crippen LogP contribution is 2.32. The van der Waals surface area contributed by atoms with Gasteiger partial charge in [0.15, 0.2) is 0 Å². The van der Waals surface area contributed by atoms with Crippen molar-refractivity contribution in [2.75, 3.05) is 6.61 Å². The Kier molecular flexibility index (Phi) is 2.87. The molecule has 1 fully saturated rings. The zero-order valence-corrected chi connectivity index (χ0v) is 10.2. The van der Waals surface area contributed by atoms with E-state index in [2.05, 4.69) is 0 Å². The van der Waals surface area contributed by atoms with Crippen LogP contribution in [0.2, 0.25) is 0 Å². The Labute approximate surface area is 91.1 Å². The minimum Gasteiger partial charge on any atom is -0.459 e. The first-order valence-electron chi connectivity index (χ1n) is 5.20. The van der Waals surface area contributed by atoms with Crippen LogP contribution >= 0.6 is 0 Å². The summed E-state index contributed by atoms with van der Waals surface area (Å²) in [7, 11) is 0. The predicted molar refractivity (Wildman–Crippen MR) is 57.4 cm³/mol. The summed E-state index contributed by atoms with van der Waals surface area (Å²) >= 11 is 0. The molecular formula is C11H21NO3. The van der Waals surface area contributed by atoms with E-state index in [1.807, 2.05) is 34.6 Å². The van der Waals surface area contributed by atoms with Gasteiger partial charge in [-0.3, -0.25) is 0 Å². The third-order valence-electron chi connectivity index (χ3n) is 2.27. The summed E-state index contributed by atoms with van der Waals surface area (Å²) < 4.78 is 10.7. The first-order valence-corrected chi connectivity index (χ1v) is 5.20. The van der Waals surface area contributed by atoms with Gasteiger partial charge in [-0.15, -0.1) is 0 Å². The van der Waals surface area contributed by atoms with E-state index in [4.69, 9.17) is 15.2 Å². The van der Waals surface area contributed by atoms with E-state index in [1.165, 1.54) is 0 Å². The van der Waals surface area contributed by atoms with Crippen LogP contribution in [0.3, 0.4) is 0 Å². The number of nitrogens with two attached hydrogens (primary N) is 1. The van der Waals surface area contributed by atoms with Crippen molar-refractivity contribution < 1.29 is 14.3 Å². The van der Waals surface area contributed by atoms with Crippen molar-refractivity contribution in [2.24, 2.45) is 5.73 Å². The smallest absolute Gasteiger partial charge is 0.329 e. The molecule has 0 unspecified atom stereocenters. The van der Waals surface area contributed by atoms with Gasteiger partial charge >= 0.3 is 5.97 Å². The van der Waals surface area contributed by atoms with E-state index in [0.29, 0.717) is 6.42 Å². The molecule has 0 radical (unpaired) electrons. The molecule has 1 aliphatic heterocycles. The van der Waals surface area contributed by atoms with Crippen LogP contribution in [0.4, 0.5) is 0 Å². The zero-order chi connectivity index (χ0) is 11.9. The van der Waals surface area contributed by atoms with Gasteiger partial charge in [0.05, 0.1) is 12.2 Å². The lowest BCUT2D eigenvalue weighted by Crippen LogP contribution is -2.52. The second-order valence-electron chi connectivity index (χ2n) is 5.88. The van der Waals surface area contributed by atoms with Gasteiger partial charge in [-0.1, -0.05) is 0 Å². The second-order valence-corrected chi connectivity index (χ2v) is 5.88. The summed E-state index contributed by atoms with van der Waals surface area (Å²) in [6, 6.07) is 0. The van der Waals surface area contributed by atoms with Crippen molar-refractivity contribution in [3.63, 3.8) is 0 Å². The molecule has 1 aliphatic rings. The Balaban J connectivity index is 2.69. The van der Waals surface area contributed by atoms with Crippen LogP contribution in [0.1, 0.15) is 41.0 Å². The third-order valence-corrected chi connectivity index (χ3v) is 2.27. The molecule has 1 atom stereocenters. The molecule has 1 rings (SSSR count). The summed E-state index contributed by atoms with van der Waals surface area (Å²) in [5.74, 6) is -0.374. The number of hydrogen-bond acceptors (Lipinski definition) is 4. The first-order chi connectivity index (χ1) is 6.54. The fourth-order valence-electron chi connectivity index (χ4n) is 1.70. The van der Waals surface area contributed by atoms with E-state index < -0.39 is 11.1 Å². The van der Waals surface area contributed by atoms with Gasteiger partial charge in [0, 0.05) is 6.42 Å². The van der Waals surface area contributed by atoms with Crippen LogP contribution in [0.25, 0.3) is 0 Å². The number of rotatable bonds is 1. The molecule has 4 nitrogen and oxygen atoms in total. The number of carbonyl (C=O) groups excluding carboxylic acids is 1. The number of ether oxygens (including phenoxy) is 2. The standard InChI is InChI=1S/C11H21NO3/c1-9(2,3)15-8(13)11(12)6-10(4,5)14-7-11/h6-7,12H2,1-5H3/t11-/m1/s1. The molecular weight excluding hydrogens is 194 g/mol. The van der Waals surface area contributed by atoms with Crippen LogP contribution in [0.15, 0.2) is 0 Å². The van der Waals surface area contributed by atoms with Crippen molar-refractivity contribution in [1.82, 2.24) is 0 Å². The van der Waals surface area contributed by atoms with Crippen LogP contribution < -0.4 is 5.73 Å². The molecule has 0 bridgehead atoms. The molecule has 1 saturated heterocycles. The lowest BCUT2D eigenvalue weighted by atomic mass is 9.91. The summed E-state index contributed by atoms with van der Waals surface area (Å²) in [5, 5.41) is 0. The first kappa shape index (κ1) is 12.5. The lowest BCUT2D eigenvalue weighted by molar-refractivity contribution is -0.161. The molecule has 0 amide bonds. The molecule has 0 aromatic carbocycles. The molecule has 2 N–H and O–H groups in total. The summed E-state index contributed by atoms with van der Waals surface area (Å²) in [4.78, 5) is 11.8. The minimum atomic E-state index is -0.989. The molecule has 1 heterocycles. The lowest BCUT2D eigenvalue weighted by Gasteiger charge is -2.27. The van der Waals surface area contributed by atoms with Crippen molar-refractivity contribution in [1.29, 1.82) is 0 Å². The quantitative estimate of drug-likeness (QED) is 0.668. The predicted octanol–water partition coefficient (Wildman–Crippen LogP) is 1.22. The van der Waals surface area contributed by atoms with Gasteiger partial charge in [0.25, 0.3) is 0 Å². The van der Waals surface area contributed by atoms with E-state index in [0.717, 1.165) is 0 Å². The summed E-state index contributed by atoms with van der Waals surface area (Å²) in [6.45, 7) is 9.56. The maximum absolute atomic E-state index is 11.8. The van der Waals surface area contributed by atoms with Crippen molar-refractivity contribution in [2.45, 2.75) is 57.8 Å². The van der Waals surface area contributed by atoms with Gasteiger partial charge in [0.2, 0.25) is 0 Å². The highest BCUT2D eigenvalue weighted by Gasteiger charge is 2.49. The van der Waals surface area contributed by atoms with E-state index in [-0.39, 0.29) is 18.2 Å². The number of carbonyl (C=O) groups is 1. The molecule has 15 heavy (non-hydrogen) atoms. The SMILES string of the molecule is CC(C)(C)OC(=O)[C@]1(N)COC(C)(C)C1. The summed E-state index contributed by atoms with van der Waals surface area (Å²) in [5.41, 5.74) is 4.15. The van der Waals surface area contributed by atoms with Gasteiger partial charge in [-0.25, -0.2) is 4.79 Å². The van der Waals surface area contributed by atoms with Gasteiger partial charge in [-0.05, 0) is 34.6 Å². The summed E-state index contributed by atoms with van der Waals surface area (Å²) in [6.07, 6.45) is 0.495. The normalized spacial score (nSPS) is 30.3. The Morgan fingerprint density at radius 1 is 1.40 bits per heavy atom. The van der Waals surface area contributed by atoms with Crippen LogP contribution in [-0.4, -0.2) is 29.3 Å². The highest BCUT2D eigenvalue weighted by molar-refractivity contribution is 5.81. The Bertz CT molecular complexity index is 267. The van der Waals surface area contributed by atoms with Crippen molar-refractivity contribution in [3.05, 3.63) is 0 Å². The fraction of sp³-hybridized carbons (Fsp3) is 0.909. The topological polar surface area (TPSA) is 61.5 Å². The van der Waals surface area contributed by atoms with Crippen LogP contribution in [-0.2, 0) is 14.3 Å². The minimum absolute atomic E-state index is 0.231. The van der Waals surface area contributed by atoms with Crippen LogP contribution in [0.5, 0.6) is 0 Å². The largest absolute Gasteiger partial charge is 0.459 e. The van der Waals surface area contributed by atoms with Gasteiger partial charge in [-0.2, -0.15) is 0 Å². The molecule has 0 aromatic rings. The van der Waals surface area contributed by atoms with Gasteiger partial charge < -0.3 is 15.2 Å². The molecule has 0 spiro atoms. The molecule has 0 aromatic heterocycles. The number of hydrogen-bond donors (Lipinski definition) is 1. The monoisotopic (exact) mass is 215 g/mol. The second kappa shape index (κ2) is 3.46. The Hall–Kier alpha value is -0.610. The molecule has 88 valence electrons. The third kappa shape index (κ3) is 3.18. The fourth-order valence-corrected chi connectivity index (χ4v) is 1.70. The van der Waals surface area contributed by atoms with E-state index in [9.17, 15) is 4.79 Å². The Morgan fingerprint density at radius 3 is 2.27 bits per heavy atom. The van der Waals surface area contributed by atoms with E-state index >= 15 is 0 Å². The maximum Gasteiger partial charge on any atom is 0.329 e. The van der Waals surface area contributed by atoms with Crippen LogP contribution in [0, 0.1) is 0 Å². The average Bonchev–Trinajstić information content (AvgIpc) is 2.23. The zero-order valence-electron chi connectivity index (χ0n) is 10.2.